The number of alkyl halides is 2. The number of rotatable bonds is 3. The van der Waals surface area contributed by atoms with Crippen molar-refractivity contribution in [3.05, 3.63) is 23.8 Å². The molecule has 33 heavy (non-hydrogen) atoms. The number of hydrogen-bond acceptors (Lipinski definition) is 5. The first-order valence-electron chi connectivity index (χ1n) is 11.2. The van der Waals surface area contributed by atoms with Gasteiger partial charge in [0.2, 0.25) is 5.12 Å². The zero-order chi connectivity index (χ0) is 23.9. The van der Waals surface area contributed by atoms with Gasteiger partial charge in [0, 0.05) is 29.1 Å². The summed E-state index contributed by atoms with van der Waals surface area (Å²) in [5.74, 6) is -2.94. The number of hydrogen-bond donors (Lipinski definition) is 2. The van der Waals surface area contributed by atoms with Gasteiger partial charge in [-0.1, -0.05) is 26.8 Å². The van der Waals surface area contributed by atoms with Crippen LogP contribution in [0, 0.1) is 28.6 Å². The van der Waals surface area contributed by atoms with Crippen LogP contribution in [0.3, 0.4) is 0 Å². The third kappa shape index (κ3) is 3.43. The summed E-state index contributed by atoms with van der Waals surface area (Å²) in [6, 6.07) is 0. The molecule has 0 unspecified atom stereocenters. The third-order valence-corrected chi connectivity index (χ3v) is 9.38. The molecule has 0 aromatic heterocycles. The molecule has 0 bridgehead atoms. The monoisotopic (exact) mass is 508 g/mol. The Morgan fingerprint density at radius 2 is 1.94 bits per heavy atom. The zero-order valence-corrected chi connectivity index (χ0v) is 23.7. The maximum atomic E-state index is 17.1. The van der Waals surface area contributed by atoms with E-state index in [1.54, 1.807) is 20.8 Å². The largest absolute Gasteiger partial charge is 1.00 e. The van der Waals surface area contributed by atoms with Crippen molar-refractivity contribution in [2.75, 3.05) is 0 Å². The van der Waals surface area contributed by atoms with Gasteiger partial charge >= 0.3 is 57.4 Å². The molecular weight excluding hydrogens is 477 g/mol. The zero-order valence-electron chi connectivity index (χ0n) is 20.7. The van der Waals surface area contributed by atoms with E-state index in [0.717, 1.165) is 6.08 Å². The minimum Gasteiger partial charge on any atom is -1.00 e. The van der Waals surface area contributed by atoms with E-state index in [2.05, 4.69) is 12.6 Å². The van der Waals surface area contributed by atoms with Crippen molar-refractivity contribution in [2.24, 2.45) is 28.6 Å². The summed E-state index contributed by atoms with van der Waals surface area (Å²) in [5.41, 5.74) is -6.46. The van der Waals surface area contributed by atoms with Gasteiger partial charge in [-0.05, 0) is 49.8 Å². The molecular formula is C24H31F2KO5S. The topological polar surface area (TPSA) is 80.7 Å². The number of fused-ring (bicyclic) bond motifs is 5. The Kier molecular flexibility index (Phi) is 7.45. The summed E-state index contributed by atoms with van der Waals surface area (Å²) >= 11 is 4.09. The summed E-state index contributed by atoms with van der Waals surface area (Å²) in [4.78, 5) is 37.2. The molecule has 4 aliphatic carbocycles. The van der Waals surface area contributed by atoms with Crippen LogP contribution in [0.1, 0.15) is 54.8 Å². The van der Waals surface area contributed by atoms with Gasteiger partial charge in [-0.2, -0.15) is 0 Å². The number of aliphatic hydroxyl groups excluding tert-OH is 1. The second-order valence-corrected chi connectivity index (χ2v) is 10.8. The molecule has 0 heterocycles. The molecule has 1 N–H and O–H groups in total. The fourth-order valence-corrected chi connectivity index (χ4v) is 8.01. The second-order valence-electron chi connectivity index (χ2n) is 10.4. The molecule has 0 amide bonds. The van der Waals surface area contributed by atoms with Crippen LogP contribution >= 0.6 is 12.6 Å². The molecule has 4 rings (SSSR count). The Hall–Kier alpha value is 0.0964. The van der Waals surface area contributed by atoms with Crippen LogP contribution in [0.4, 0.5) is 8.78 Å². The predicted molar refractivity (Wildman–Crippen MR) is 117 cm³/mol. The average Bonchev–Trinajstić information content (AvgIpc) is 2.93. The fraction of sp³-hybridized carbons (Fsp3) is 0.708. The minimum absolute atomic E-state index is 0. The Labute approximate surface area is 242 Å². The summed E-state index contributed by atoms with van der Waals surface area (Å²) in [7, 11) is 0. The molecule has 9 atom stereocenters. The van der Waals surface area contributed by atoms with Crippen molar-refractivity contribution < 1.29 is 85.8 Å². The molecule has 0 aliphatic heterocycles. The average molecular weight is 509 g/mol. The van der Waals surface area contributed by atoms with E-state index in [-0.39, 0.29) is 77.6 Å². The van der Waals surface area contributed by atoms with Crippen LogP contribution in [0.5, 0.6) is 0 Å². The second kappa shape index (κ2) is 8.89. The molecule has 0 aromatic rings. The molecule has 178 valence electrons. The Morgan fingerprint density at radius 1 is 1.30 bits per heavy atom. The normalized spacial score (nSPS) is 48.1. The first-order valence-corrected chi connectivity index (χ1v) is 11.7. The Balaban J connectivity index is 0.00000204. The van der Waals surface area contributed by atoms with E-state index in [0.29, 0.717) is 6.42 Å². The van der Waals surface area contributed by atoms with Gasteiger partial charge in [0.1, 0.15) is 6.17 Å². The smallest absolute Gasteiger partial charge is 1.00 e. The number of carbonyl (C=O) groups is 3. The van der Waals surface area contributed by atoms with Gasteiger partial charge in [0.25, 0.3) is 0 Å². The van der Waals surface area contributed by atoms with Crippen LogP contribution in [-0.2, 0) is 19.1 Å². The van der Waals surface area contributed by atoms with Gasteiger partial charge in [-0.25, -0.2) is 8.78 Å². The molecule has 5 nitrogen and oxygen atoms in total. The molecule has 0 radical (unpaired) electrons. The van der Waals surface area contributed by atoms with Crippen LogP contribution in [-0.4, -0.2) is 45.5 Å². The SMILES string of the molecule is CCC(=O)O[C@]1(C(=O)S)[C@H](C)C[C@H]2[C@@H]3C[C@H](F)C4=CC(=O)C=C[C@]4(C)[C@@]3(F)[C@@H](O)C[C@@]21C.[H-].[K+]. The summed E-state index contributed by atoms with van der Waals surface area (Å²) < 4.78 is 38.3. The van der Waals surface area contributed by atoms with E-state index < -0.39 is 69.0 Å². The number of esters is 1. The van der Waals surface area contributed by atoms with E-state index in [1.165, 1.54) is 19.1 Å². The van der Waals surface area contributed by atoms with E-state index in [1.807, 2.05) is 0 Å². The summed E-state index contributed by atoms with van der Waals surface area (Å²) in [5, 5.41) is 10.7. The summed E-state index contributed by atoms with van der Waals surface area (Å²) in [6.07, 6.45) is 0.619. The first kappa shape index (κ1) is 27.7. The standard InChI is InChI=1S/C24H30F2O5S.K.H/c1-5-19(29)31-24(20(30)32)12(2)8-14-15-10-17(25)16-9-13(27)6-7-21(16,3)23(15,26)18(28)11-22(14,24)4;;/h6-7,9,12,14-15,17-18,28H,5,8,10-11H2,1-4H3,(H,30,32);;/q;+1;-1/t12-,14+,15+,17+,18+,21+,22+,23+,24+;;/m1../s1. The van der Waals surface area contributed by atoms with Crippen molar-refractivity contribution in [3.63, 3.8) is 0 Å². The number of halogens is 2. The van der Waals surface area contributed by atoms with E-state index in [4.69, 9.17) is 4.74 Å². The maximum absolute atomic E-state index is 17.1. The number of ketones is 1. The molecule has 3 saturated carbocycles. The number of carbonyl (C=O) groups excluding carboxylic acids is 3. The van der Waals surface area contributed by atoms with Crippen LogP contribution in [0.25, 0.3) is 0 Å². The Morgan fingerprint density at radius 3 is 2.52 bits per heavy atom. The quantitative estimate of drug-likeness (QED) is 0.335. The molecule has 0 aromatic carbocycles. The van der Waals surface area contributed by atoms with Crippen molar-refractivity contribution in [2.45, 2.75) is 76.9 Å². The van der Waals surface area contributed by atoms with Crippen molar-refractivity contribution in [1.82, 2.24) is 0 Å². The molecule has 3 fully saturated rings. The van der Waals surface area contributed by atoms with E-state index >= 15 is 8.78 Å². The van der Waals surface area contributed by atoms with Gasteiger partial charge in [0.15, 0.2) is 17.1 Å². The molecule has 4 aliphatic rings. The van der Waals surface area contributed by atoms with Crippen LogP contribution in [0.2, 0.25) is 0 Å². The van der Waals surface area contributed by atoms with Crippen LogP contribution in [0.15, 0.2) is 23.8 Å². The van der Waals surface area contributed by atoms with Gasteiger partial charge in [0.05, 0.1) is 6.10 Å². The molecule has 0 spiro atoms. The third-order valence-electron chi connectivity index (χ3n) is 9.05. The first-order chi connectivity index (χ1) is 14.8. The molecule has 9 heteroatoms. The number of aliphatic hydroxyl groups is 1. The number of thiol groups is 1. The van der Waals surface area contributed by atoms with Gasteiger partial charge in [-0.15, -0.1) is 12.6 Å². The molecule has 0 saturated heterocycles. The number of ether oxygens (including phenoxy) is 1. The predicted octanol–water partition coefficient (Wildman–Crippen LogP) is 0.816. The van der Waals surface area contributed by atoms with Gasteiger partial charge in [-0.3, -0.25) is 14.4 Å². The van der Waals surface area contributed by atoms with Crippen molar-refractivity contribution in [1.29, 1.82) is 0 Å². The van der Waals surface area contributed by atoms with Crippen LogP contribution < -0.4 is 51.4 Å². The minimum atomic E-state index is -2.24. The van der Waals surface area contributed by atoms with Crippen molar-refractivity contribution >= 4 is 29.5 Å². The Bertz CT molecular complexity index is 962. The summed E-state index contributed by atoms with van der Waals surface area (Å²) in [6.45, 7) is 6.62. The fourth-order valence-electron chi connectivity index (χ4n) is 7.49. The maximum Gasteiger partial charge on any atom is 1.00 e. The van der Waals surface area contributed by atoms with Gasteiger partial charge < -0.3 is 11.3 Å². The van der Waals surface area contributed by atoms with Crippen molar-refractivity contribution in [3.8, 4) is 0 Å². The van der Waals surface area contributed by atoms with E-state index in [9.17, 15) is 19.5 Å². The number of allylic oxidation sites excluding steroid dienone is 4.